The van der Waals surface area contributed by atoms with Crippen LogP contribution in [0.4, 0.5) is 0 Å². The molecule has 6 nitrogen and oxygen atoms in total. The third kappa shape index (κ3) is 3.66. The van der Waals surface area contributed by atoms with Gasteiger partial charge in [0.05, 0.1) is 24.1 Å². The zero-order valence-corrected chi connectivity index (χ0v) is 25.5. The number of allylic oxidation sites excluding steroid dienone is 1. The van der Waals surface area contributed by atoms with Crippen LogP contribution in [0, 0.1) is 45.8 Å². The SMILES string of the molecule is CC(C)C1=CC2CC3(C=O)C4CCC(C)C4CC2(CO[C@H]2CN(C)CC(c4ccccc4)O2)C13C(=O)[O-].[Na+]. The van der Waals surface area contributed by atoms with E-state index in [0.717, 1.165) is 43.2 Å². The number of hydrogen-bond donors (Lipinski definition) is 0. The van der Waals surface area contributed by atoms with Crippen LogP contribution < -0.4 is 34.7 Å². The maximum absolute atomic E-state index is 13.5. The summed E-state index contributed by atoms with van der Waals surface area (Å²) in [5.41, 5.74) is -0.921. The number of carboxylic acids is 1. The molecular formula is C31H40NNaO5. The van der Waals surface area contributed by atoms with Gasteiger partial charge in [0.15, 0.2) is 6.29 Å². The number of likely N-dealkylation sites (N-methyl/N-ethyl adjacent to an activating group) is 1. The Labute approximate surface area is 248 Å². The van der Waals surface area contributed by atoms with Crippen molar-refractivity contribution in [1.29, 1.82) is 0 Å². The summed E-state index contributed by atoms with van der Waals surface area (Å²) in [7, 11) is 2.07. The third-order valence-electron chi connectivity index (χ3n) is 11.1. The first-order valence-corrected chi connectivity index (χ1v) is 14.1. The molecule has 38 heavy (non-hydrogen) atoms. The quantitative estimate of drug-likeness (QED) is 0.293. The Balaban J connectivity index is 0.00000294. The predicted octanol–water partition coefficient (Wildman–Crippen LogP) is 0.626. The van der Waals surface area contributed by atoms with E-state index >= 15 is 0 Å². The number of nitrogens with zero attached hydrogens (tertiary/aromatic N) is 1. The first kappa shape index (κ1) is 28.5. The van der Waals surface area contributed by atoms with Gasteiger partial charge in [0.25, 0.3) is 0 Å². The summed E-state index contributed by atoms with van der Waals surface area (Å²) >= 11 is 0. The number of carboxylic acid groups (broad SMARTS) is 1. The molecule has 3 saturated carbocycles. The van der Waals surface area contributed by atoms with Gasteiger partial charge in [0.1, 0.15) is 6.29 Å². The average Bonchev–Trinajstić information content (AvgIpc) is 3.45. The number of hydrogen-bond acceptors (Lipinski definition) is 6. The monoisotopic (exact) mass is 529 g/mol. The number of aldehydes is 1. The molecule has 200 valence electrons. The Kier molecular flexibility index (Phi) is 7.59. The van der Waals surface area contributed by atoms with Gasteiger partial charge in [-0.3, -0.25) is 4.90 Å². The van der Waals surface area contributed by atoms with Gasteiger partial charge in [-0.2, -0.15) is 0 Å². The van der Waals surface area contributed by atoms with E-state index in [1.807, 2.05) is 18.2 Å². The number of aliphatic carboxylic acids is 1. The summed E-state index contributed by atoms with van der Waals surface area (Å²) in [5.74, 6) is -0.155. The van der Waals surface area contributed by atoms with Crippen LogP contribution in [0.5, 0.6) is 0 Å². The molecule has 5 aliphatic rings. The van der Waals surface area contributed by atoms with Gasteiger partial charge >= 0.3 is 29.6 Å². The van der Waals surface area contributed by atoms with Crippen LogP contribution >= 0.6 is 0 Å². The molecule has 4 bridgehead atoms. The van der Waals surface area contributed by atoms with E-state index < -0.39 is 28.5 Å². The van der Waals surface area contributed by atoms with Gasteiger partial charge in [-0.1, -0.05) is 69.2 Å². The second-order valence-corrected chi connectivity index (χ2v) is 13.0. The fourth-order valence-electron chi connectivity index (χ4n) is 9.68. The van der Waals surface area contributed by atoms with Crippen LogP contribution in [0.1, 0.15) is 58.1 Å². The summed E-state index contributed by atoms with van der Waals surface area (Å²) in [5, 5.41) is 13.5. The predicted molar refractivity (Wildman–Crippen MR) is 137 cm³/mol. The minimum absolute atomic E-state index is 0. The molecule has 1 saturated heterocycles. The maximum Gasteiger partial charge on any atom is 1.00 e. The van der Waals surface area contributed by atoms with Crippen molar-refractivity contribution in [2.45, 2.75) is 58.8 Å². The van der Waals surface area contributed by atoms with Crippen LogP contribution in [0.3, 0.4) is 0 Å². The van der Waals surface area contributed by atoms with Crippen molar-refractivity contribution in [2.75, 3.05) is 26.7 Å². The van der Waals surface area contributed by atoms with Gasteiger partial charge in [0.2, 0.25) is 0 Å². The van der Waals surface area contributed by atoms with Crippen LogP contribution in [0.25, 0.3) is 0 Å². The molecule has 7 heteroatoms. The molecule has 0 aromatic heterocycles. The largest absolute Gasteiger partial charge is 1.00 e. The van der Waals surface area contributed by atoms with Crippen molar-refractivity contribution in [1.82, 2.24) is 4.90 Å². The fourth-order valence-corrected chi connectivity index (χ4v) is 9.68. The second-order valence-electron chi connectivity index (χ2n) is 13.0. The van der Waals surface area contributed by atoms with Gasteiger partial charge in [0, 0.05) is 23.9 Å². The minimum Gasteiger partial charge on any atom is -0.549 e. The van der Waals surface area contributed by atoms with E-state index in [1.165, 1.54) is 0 Å². The van der Waals surface area contributed by atoms with E-state index in [-0.39, 0.29) is 60.0 Å². The standard InChI is InChI=1S/C31H41NO5.Na/c1-19(2)25-12-22-13-29(17-33)24-11-10-20(3)23(24)14-30(22,31(25,29)28(34)35)18-36-27-16-32(4)15-26(37-27)21-8-6-5-7-9-21;/h5-9,12,17,19-20,22-24,26-27H,10-11,13-16,18H2,1-4H3,(H,34,35);/q;+1/p-1/t20?,22?,23?,24?,26?,27-,29?,30?,31?;/m1./s1. The van der Waals surface area contributed by atoms with Crippen molar-refractivity contribution in [3.05, 3.63) is 47.5 Å². The van der Waals surface area contributed by atoms with Crippen molar-refractivity contribution in [3.63, 3.8) is 0 Å². The van der Waals surface area contributed by atoms with Crippen LogP contribution in [-0.2, 0) is 19.1 Å². The third-order valence-corrected chi connectivity index (χ3v) is 11.1. The number of ether oxygens (including phenoxy) is 2. The molecule has 4 aliphatic carbocycles. The normalized spacial score (nSPS) is 43.4. The number of carbonyl (C=O) groups excluding carboxylic acids is 2. The van der Waals surface area contributed by atoms with Crippen LogP contribution in [0.15, 0.2) is 42.0 Å². The minimum atomic E-state index is -1.31. The molecule has 0 radical (unpaired) electrons. The topological polar surface area (TPSA) is 78.9 Å². The molecule has 9 atom stereocenters. The van der Waals surface area contributed by atoms with E-state index in [2.05, 4.69) is 50.9 Å². The van der Waals surface area contributed by atoms with E-state index in [1.54, 1.807) is 0 Å². The van der Waals surface area contributed by atoms with Crippen molar-refractivity contribution < 1.29 is 53.7 Å². The fraction of sp³-hybridized carbons (Fsp3) is 0.677. The summed E-state index contributed by atoms with van der Waals surface area (Å²) < 4.78 is 13.1. The van der Waals surface area contributed by atoms with Gasteiger partial charge in [-0.15, -0.1) is 0 Å². The Morgan fingerprint density at radius 1 is 1.21 bits per heavy atom. The summed E-state index contributed by atoms with van der Waals surface area (Å²) in [6.07, 6.45) is 5.98. The molecule has 6 rings (SSSR count). The second kappa shape index (κ2) is 10.1. The maximum atomic E-state index is 13.5. The molecule has 1 aromatic carbocycles. The number of carbonyl (C=O) groups is 2. The van der Waals surface area contributed by atoms with Crippen molar-refractivity contribution in [2.24, 2.45) is 45.8 Å². The van der Waals surface area contributed by atoms with E-state index in [9.17, 15) is 14.7 Å². The Morgan fingerprint density at radius 2 is 1.95 bits per heavy atom. The Hall–Kier alpha value is -1.02. The number of fused-ring (bicyclic) bond motifs is 2. The van der Waals surface area contributed by atoms with E-state index in [4.69, 9.17) is 9.47 Å². The molecule has 1 aliphatic heterocycles. The Morgan fingerprint density at radius 3 is 2.61 bits per heavy atom. The van der Waals surface area contributed by atoms with Crippen molar-refractivity contribution >= 4 is 12.3 Å². The van der Waals surface area contributed by atoms with Gasteiger partial charge < -0.3 is 24.2 Å². The first-order chi connectivity index (χ1) is 17.7. The molecule has 4 fully saturated rings. The molecule has 0 spiro atoms. The molecular weight excluding hydrogens is 489 g/mol. The molecule has 8 unspecified atom stereocenters. The molecule has 1 aromatic rings. The smallest absolute Gasteiger partial charge is 0.549 e. The molecule has 0 amide bonds. The average molecular weight is 530 g/mol. The first-order valence-electron chi connectivity index (χ1n) is 14.1. The molecule has 0 N–H and O–H groups in total. The summed E-state index contributed by atoms with van der Waals surface area (Å²) in [4.78, 5) is 28.9. The van der Waals surface area contributed by atoms with Gasteiger partial charge in [-0.25, -0.2) is 0 Å². The Bertz CT molecular complexity index is 1110. The number of benzene rings is 1. The van der Waals surface area contributed by atoms with Gasteiger partial charge in [-0.05, 0) is 61.5 Å². The zero-order chi connectivity index (χ0) is 26.2. The summed E-state index contributed by atoms with van der Waals surface area (Å²) in [6.45, 7) is 8.04. The van der Waals surface area contributed by atoms with E-state index in [0.29, 0.717) is 24.8 Å². The number of rotatable bonds is 7. The number of morpholine rings is 1. The summed E-state index contributed by atoms with van der Waals surface area (Å²) in [6, 6.07) is 10.2. The molecule has 1 heterocycles. The van der Waals surface area contributed by atoms with Crippen molar-refractivity contribution in [3.8, 4) is 0 Å². The van der Waals surface area contributed by atoms with Crippen LogP contribution in [0.2, 0.25) is 0 Å². The zero-order valence-electron chi connectivity index (χ0n) is 23.5. The van der Waals surface area contributed by atoms with Crippen LogP contribution in [-0.4, -0.2) is 50.2 Å².